The van der Waals surface area contributed by atoms with E-state index in [4.69, 9.17) is 0 Å². The van der Waals surface area contributed by atoms with Gasteiger partial charge in [-0.2, -0.15) is 0 Å². The summed E-state index contributed by atoms with van der Waals surface area (Å²) in [5.41, 5.74) is 0.645. The van der Waals surface area contributed by atoms with Crippen LogP contribution in [0.15, 0.2) is 0 Å². The Balaban J connectivity index is 1.82. The lowest BCUT2D eigenvalue weighted by Crippen LogP contribution is -2.48. The zero-order chi connectivity index (χ0) is 10.2. The molecule has 1 saturated carbocycles. The van der Waals surface area contributed by atoms with Crippen LogP contribution >= 0.6 is 0 Å². The number of amides is 1. The minimum Gasteiger partial charge on any atom is -0.343 e. The highest BCUT2D eigenvalue weighted by Gasteiger charge is 2.44. The molecule has 1 heterocycles. The first-order chi connectivity index (χ1) is 6.65. The number of rotatable bonds is 1. The van der Waals surface area contributed by atoms with E-state index >= 15 is 0 Å². The van der Waals surface area contributed by atoms with Crippen LogP contribution in [-0.2, 0) is 4.79 Å². The highest BCUT2D eigenvalue weighted by Crippen LogP contribution is 2.53. The largest absolute Gasteiger partial charge is 0.343 e. The minimum absolute atomic E-state index is 0.256. The van der Waals surface area contributed by atoms with E-state index < -0.39 is 0 Å². The number of carbonyl (C=O) groups is 1. The Morgan fingerprint density at radius 2 is 1.93 bits per heavy atom. The van der Waals surface area contributed by atoms with Crippen LogP contribution in [0.1, 0.15) is 46.0 Å². The van der Waals surface area contributed by atoms with E-state index in [1.807, 2.05) is 4.90 Å². The van der Waals surface area contributed by atoms with Gasteiger partial charge in [0.2, 0.25) is 5.91 Å². The molecule has 0 aromatic carbocycles. The lowest BCUT2D eigenvalue weighted by molar-refractivity contribution is -0.133. The van der Waals surface area contributed by atoms with Crippen LogP contribution < -0.4 is 0 Å². The fourth-order valence-electron chi connectivity index (χ4n) is 3.16. The van der Waals surface area contributed by atoms with Gasteiger partial charge in [-0.3, -0.25) is 4.79 Å². The van der Waals surface area contributed by atoms with Crippen molar-refractivity contribution in [2.45, 2.75) is 46.0 Å². The molecule has 1 saturated heterocycles. The predicted octanol–water partition coefficient (Wildman–Crippen LogP) is 2.44. The predicted molar refractivity (Wildman–Crippen MR) is 56.9 cm³/mol. The van der Waals surface area contributed by atoms with Crippen molar-refractivity contribution in [3.8, 4) is 0 Å². The number of carbonyl (C=O) groups excluding carboxylic acids is 1. The van der Waals surface area contributed by atoms with Crippen molar-refractivity contribution in [2.75, 3.05) is 13.1 Å². The van der Waals surface area contributed by atoms with Crippen molar-refractivity contribution >= 4 is 5.91 Å². The van der Waals surface area contributed by atoms with Gasteiger partial charge in [-0.15, -0.1) is 0 Å². The molecule has 0 aromatic heterocycles. The smallest absolute Gasteiger partial charge is 0.219 e. The first-order valence-corrected chi connectivity index (χ1v) is 5.91. The molecule has 1 amide bonds. The van der Waals surface area contributed by atoms with Crippen molar-refractivity contribution in [1.29, 1.82) is 0 Å². The van der Waals surface area contributed by atoms with E-state index in [0.29, 0.717) is 5.41 Å². The van der Waals surface area contributed by atoms with Crippen LogP contribution in [0.4, 0.5) is 0 Å². The average Bonchev–Trinajstić information content (AvgIpc) is 2.14. The van der Waals surface area contributed by atoms with E-state index in [9.17, 15) is 4.79 Å². The molecule has 2 nitrogen and oxygen atoms in total. The quantitative estimate of drug-likeness (QED) is 0.629. The van der Waals surface area contributed by atoms with E-state index in [1.165, 1.54) is 32.1 Å². The molecule has 2 heteroatoms. The maximum absolute atomic E-state index is 11.2. The number of nitrogens with zero attached hydrogens (tertiary/aromatic N) is 1. The summed E-state index contributed by atoms with van der Waals surface area (Å²) in [6, 6.07) is 0. The summed E-state index contributed by atoms with van der Waals surface area (Å²) >= 11 is 0. The Bertz CT molecular complexity index is 220. The zero-order valence-corrected chi connectivity index (χ0v) is 9.38. The van der Waals surface area contributed by atoms with Crippen LogP contribution in [0.25, 0.3) is 0 Å². The molecular weight excluding hydrogens is 174 g/mol. The molecule has 0 atom stereocenters. The second-order valence-corrected chi connectivity index (χ2v) is 5.19. The van der Waals surface area contributed by atoms with Gasteiger partial charge in [0.1, 0.15) is 0 Å². The molecule has 2 fully saturated rings. The van der Waals surface area contributed by atoms with Crippen LogP contribution in [-0.4, -0.2) is 23.9 Å². The van der Waals surface area contributed by atoms with E-state index in [2.05, 4.69) is 6.92 Å². The molecule has 0 N–H and O–H groups in total. The summed E-state index contributed by atoms with van der Waals surface area (Å²) in [5.74, 6) is 1.24. The first-order valence-electron chi connectivity index (χ1n) is 5.91. The molecule has 0 bridgehead atoms. The molecule has 80 valence electrons. The molecule has 1 aliphatic carbocycles. The fourth-order valence-corrected chi connectivity index (χ4v) is 3.16. The standard InChI is InChI=1S/C12H21NO/c1-3-11-8-12(9-11)4-6-13(7-5-12)10(2)14/h11H,3-9H2,1-2H3. The van der Waals surface area contributed by atoms with Crippen LogP contribution in [0.2, 0.25) is 0 Å². The summed E-state index contributed by atoms with van der Waals surface area (Å²) in [6.45, 7) is 5.99. The Labute approximate surface area is 86.7 Å². The van der Waals surface area contributed by atoms with Crippen molar-refractivity contribution in [3.05, 3.63) is 0 Å². The SMILES string of the molecule is CCC1CC2(CCN(C(C)=O)CC2)C1. The van der Waals surface area contributed by atoms with Gasteiger partial charge in [-0.05, 0) is 37.0 Å². The van der Waals surface area contributed by atoms with Gasteiger partial charge in [0.05, 0.1) is 0 Å². The molecule has 2 rings (SSSR count). The summed E-state index contributed by atoms with van der Waals surface area (Å²) < 4.78 is 0. The first kappa shape index (κ1) is 10.0. The second-order valence-electron chi connectivity index (χ2n) is 5.19. The van der Waals surface area contributed by atoms with Crippen molar-refractivity contribution in [2.24, 2.45) is 11.3 Å². The molecule has 0 aromatic rings. The van der Waals surface area contributed by atoms with E-state index in [0.717, 1.165) is 19.0 Å². The van der Waals surface area contributed by atoms with Gasteiger partial charge in [0, 0.05) is 20.0 Å². The molecule has 0 radical (unpaired) electrons. The van der Waals surface area contributed by atoms with Crippen LogP contribution in [0, 0.1) is 11.3 Å². The van der Waals surface area contributed by atoms with Gasteiger partial charge in [0.15, 0.2) is 0 Å². The maximum atomic E-state index is 11.2. The lowest BCUT2D eigenvalue weighted by Gasteiger charge is -2.52. The monoisotopic (exact) mass is 195 g/mol. The van der Waals surface area contributed by atoms with Crippen molar-refractivity contribution in [1.82, 2.24) is 4.90 Å². The summed E-state index contributed by atoms with van der Waals surface area (Å²) in [6.07, 6.45) is 6.70. The average molecular weight is 195 g/mol. The van der Waals surface area contributed by atoms with Gasteiger partial charge in [-0.1, -0.05) is 13.3 Å². The Kier molecular flexibility index (Phi) is 2.54. The second kappa shape index (κ2) is 3.56. The minimum atomic E-state index is 0.256. The van der Waals surface area contributed by atoms with Crippen LogP contribution in [0.5, 0.6) is 0 Å². The van der Waals surface area contributed by atoms with Gasteiger partial charge < -0.3 is 4.90 Å². The van der Waals surface area contributed by atoms with E-state index in [1.54, 1.807) is 6.92 Å². The van der Waals surface area contributed by atoms with Crippen molar-refractivity contribution in [3.63, 3.8) is 0 Å². The number of hydrogen-bond donors (Lipinski definition) is 0. The van der Waals surface area contributed by atoms with Crippen LogP contribution in [0.3, 0.4) is 0 Å². The third-order valence-electron chi connectivity index (χ3n) is 4.29. The van der Waals surface area contributed by atoms with Gasteiger partial charge >= 0.3 is 0 Å². The third kappa shape index (κ3) is 1.67. The molecule has 1 aliphatic heterocycles. The molecular formula is C12H21NO. The number of hydrogen-bond acceptors (Lipinski definition) is 1. The third-order valence-corrected chi connectivity index (χ3v) is 4.29. The highest BCUT2D eigenvalue weighted by molar-refractivity contribution is 5.73. The van der Waals surface area contributed by atoms with Gasteiger partial charge in [-0.25, -0.2) is 0 Å². The molecule has 1 spiro atoms. The molecule has 0 unspecified atom stereocenters. The summed E-state index contributed by atoms with van der Waals surface area (Å²) in [5, 5.41) is 0. The topological polar surface area (TPSA) is 20.3 Å². The number of piperidine rings is 1. The lowest BCUT2D eigenvalue weighted by atomic mass is 9.57. The van der Waals surface area contributed by atoms with Crippen molar-refractivity contribution < 1.29 is 4.79 Å². The number of likely N-dealkylation sites (tertiary alicyclic amines) is 1. The Morgan fingerprint density at radius 1 is 1.36 bits per heavy atom. The maximum Gasteiger partial charge on any atom is 0.219 e. The zero-order valence-electron chi connectivity index (χ0n) is 9.38. The van der Waals surface area contributed by atoms with Gasteiger partial charge in [0.25, 0.3) is 0 Å². The normalized spacial score (nSPS) is 26.3. The Hall–Kier alpha value is -0.530. The highest BCUT2D eigenvalue weighted by atomic mass is 16.2. The summed E-state index contributed by atoms with van der Waals surface area (Å²) in [7, 11) is 0. The fraction of sp³-hybridized carbons (Fsp3) is 0.917. The molecule has 2 aliphatic rings. The summed E-state index contributed by atoms with van der Waals surface area (Å²) in [4.78, 5) is 13.2. The Morgan fingerprint density at radius 3 is 2.36 bits per heavy atom. The molecule has 14 heavy (non-hydrogen) atoms. The van der Waals surface area contributed by atoms with E-state index in [-0.39, 0.29) is 5.91 Å².